The molecule has 3 nitrogen and oxygen atoms in total. The highest BCUT2D eigenvalue weighted by Crippen LogP contribution is 2.27. The van der Waals surface area contributed by atoms with Crippen molar-refractivity contribution in [3.8, 4) is 0 Å². The third-order valence-electron chi connectivity index (χ3n) is 4.18. The molecule has 1 N–H and O–H groups in total. The second-order valence-electron chi connectivity index (χ2n) is 6.09. The zero-order valence-electron chi connectivity index (χ0n) is 13.2. The van der Waals surface area contributed by atoms with Crippen molar-refractivity contribution in [2.45, 2.75) is 46.1 Å². The van der Waals surface area contributed by atoms with E-state index in [1.165, 1.54) is 0 Å². The van der Waals surface area contributed by atoms with Crippen LogP contribution in [0.25, 0.3) is 0 Å². The van der Waals surface area contributed by atoms with Crippen LogP contribution < -0.4 is 5.32 Å². The van der Waals surface area contributed by atoms with E-state index in [1.807, 2.05) is 17.0 Å². The van der Waals surface area contributed by atoms with E-state index >= 15 is 0 Å². The summed E-state index contributed by atoms with van der Waals surface area (Å²) in [6.07, 6.45) is 3.17. The standard InChI is InChI=1S/C17H25ClN2O/c1-4-8-19-16-6-5-14(18)11-15(16)17(21)20-9-7-12(2)10-13(20)3/h5-6,11-13,19H,4,7-10H2,1-3H3. The van der Waals surface area contributed by atoms with E-state index in [-0.39, 0.29) is 5.91 Å². The van der Waals surface area contributed by atoms with Crippen LogP contribution in [0.4, 0.5) is 5.69 Å². The first-order chi connectivity index (χ1) is 10.0. The Morgan fingerprint density at radius 3 is 2.86 bits per heavy atom. The normalized spacial score (nSPS) is 22.2. The first kappa shape index (κ1) is 16.2. The van der Waals surface area contributed by atoms with Crippen molar-refractivity contribution in [2.75, 3.05) is 18.4 Å². The van der Waals surface area contributed by atoms with Gasteiger partial charge in [-0.3, -0.25) is 4.79 Å². The van der Waals surface area contributed by atoms with Crippen molar-refractivity contribution in [3.05, 3.63) is 28.8 Å². The summed E-state index contributed by atoms with van der Waals surface area (Å²) in [5, 5.41) is 3.94. The molecule has 0 saturated carbocycles. The molecule has 116 valence electrons. The molecule has 0 bridgehead atoms. The average Bonchev–Trinajstić information content (AvgIpc) is 2.45. The van der Waals surface area contributed by atoms with Gasteiger partial charge < -0.3 is 10.2 Å². The number of halogens is 1. The van der Waals surface area contributed by atoms with Crippen LogP contribution >= 0.6 is 11.6 Å². The molecule has 21 heavy (non-hydrogen) atoms. The van der Waals surface area contributed by atoms with Crippen molar-refractivity contribution in [1.82, 2.24) is 4.90 Å². The molecule has 1 aliphatic heterocycles. The first-order valence-corrected chi connectivity index (χ1v) is 8.25. The summed E-state index contributed by atoms with van der Waals surface area (Å²) in [5.74, 6) is 0.789. The average molecular weight is 309 g/mol. The van der Waals surface area contributed by atoms with Gasteiger partial charge in [-0.25, -0.2) is 0 Å². The zero-order valence-corrected chi connectivity index (χ0v) is 13.9. The molecule has 0 radical (unpaired) electrons. The Morgan fingerprint density at radius 1 is 1.43 bits per heavy atom. The van der Waals surface area contributed by atoms with E-state index in [9.17, 15) is 4.79 Å². The largest absolute Gasteiger partial charge is 0.384 e. The maximum Gasteiger partial charge on any atom is 0.256 e. The molecule has 1 aromatic carbocycles. The summed E-state index contributed by atoms with van der Waals surface area (Å²) in [6, 6.07) is 5.81. The maximum atomic E-state index is 12.9. The molecule has 2 atom stereocenters. The summed E-state index contributed by atoms with van der Waals surface area (Å²) in [6.45, 7) is 8.19. The number of carbonyl (C=O) groups is 1. The molecule has 2 rings (SSSR count). The van der Waals surface area contributed by atoms with Crippen LogP contribution in [0.5, 0.6) is 0 Å². The van der Waals surface area contributed by atoms with E-state index in [0.717, 1.165) is 38.0 Å². The van der Waals surface area contributed by atoms with Crippen LogP contribution in [0.1, 0.15) is 50.4 Å². The number of piperidine rings is 1. The lowest BCUT2D eigenvalue weighted by atomic mass is 9.92. The molecule has 1 fully saturated rings. The minimum Gasteiger partial charge on any atom is -0.384 e. The Morgan fingerprint density at radius 2 is 2.19 bits per heavy atom. The van der Waals surface area contributed by atoms with Gasteiger partial charge in [0.05, 0.1) is 5.56 Å². The molecule has 1 amide bonds. The van der Waals surface area contributed by atoms with E-state index in [0.29, 0.717) is 22.5 Å². The van der Waals surface area contributed by atoms with Crippen LogP contribution in [-0.2, 0) is 0 Å². The Bertz CT molecular complexity index is 504. The van der Waals surface area contributed by atoms with Crippen LogP contribution in [0.15, 0.2) is 18.2 Å². The van der Waals surface area contributed by atoms with Gasteiger partial charge in [0.15, 0.2) is 0 Å². The number of hydrogen-bond donors (Lipinski definition) is 1. The van der Waals surface area contributed by atoms with Gasteiger partial charge in [-0.1, -0.05) is 25.4 Å². The number of carbonyl (C=O) groups excluding carboxylic acids is 1. The minimum atomic E-state index is 0.0931. The van der Waals surface area contributed by atoms with Crippen LogP contribution in [0.2, 0.25) is 5.02 Å². The van der Waals surface area contributed by atoms with Gasteiger partial charge in [0.2, 0.25) is 0 Å². The van der Waals surface area contributed by atoms with Crippen LogP contribution in [-0.4, -0.2) is 29.9 Å². The van der Waals surface area contributed by atoms with E-state index in [2.05, 4.69) is 26.1 Å². The van der Waals surface area contributed by atoms with Gasteiger partial charge in [0, 0.05) is 29.8 Å². The number of likely N-dealkylation sites (tertiary alicyclic amines) is 1. The fourth-order valence-corrected chi connectivity index (χ4v) is 3.14. The Kier molecular flexibility index (Phi) is 5.51. The monoisotopic (exact) mass is 308 g/mol. The summed E-state index contributed by atoms with van der Waals surface area (Å²) in [5.41, 5.74) is 1.58. The molecular weight excluding hydrogens is 284 g/mol. The van der Waals surface area contributed by atoms with Crippen molar-refractivity contribution in [3.63, 3.8) is 0 Å². The molecule has 4 heteroatoms. The highest BCUT2D eigenvalue weighted by Gasteiger charge is 2.28. The summed E-state index contributed by atoms with van der Waals surface area (Å²) < 4.78 is 0. The van der Waals surface area contributed by atoms with Gasteiger partial charge in [-0.15, -0.1) is 0 Å². The minimum absolute atomic E-state index is 0.0931. The number of amides is 1. The third-order valence-corrected chi connectivity index (χ3v) is 4.41. The molecule has 1 heterocycles. The molecular formula is C17H25ClN2O. The predicted molar refractivity (Wildman–Crippen MR) is 89.1 cm³/mol. The molecule has 0 spiro atoms. The Labute approximate surface area is 132 Å². The quantitative estimate of drug-likeness (QED) is 0.893. The van der Waals surface area contributed by atoms with Gasteiger partial charge in [0.1, 0.15) is 0 Å². The van der Waals surface area contributed by atoms with Crippen LogP contribution in [0, 0.1) is 5.92 Å². The lowest BCUT2D eigenvalue weighted by Crippen LogP contribution is -2.44. The predicted octanol–water partition coefficient (Wildman–Crippen LogP) is 4.42. The van der Waals surface area contributed by atoms with Crippen molar-refractivity contribution < 1.29 is 4.79 Å². The van der Waals surface area contributed by atoms with Crippen molar-refractivity contribution in [1.29, 1.82) is 0 Å². The topological polar surface area (TPSA) is 32.3 Å². The van der Waals surface area contributed by atoms with Gasteiger partial charge in [-0.05, 0) is 50.3 Å². The number of nitrogens with zero attached hydrogens (tertiary/aromatic N) is 1. The van der Waals surface area contributed by atoms with Crippen molar-refractivity contribution in [2.24, 2.45) is 5.92 Å². The highest BCUT2D eigenvalue weighted by atomic mass is 35.5. The number of nitrogens with one attached hydrogen (secondary N) is 1. The SMILES string of the molecule is CCCNc1ccc(Cl)cc1C(=O)N1CCC(C)CC1C. The molecule has 2 unspecified atom stereocenters. The van der Waals surface area contributed by atoms with E-state index < -0.39 is 0 Å². The van der Waals surface area contributed by atoms with E-state index in [4.69, 9.17) is 11.6 Å². The highest BCUT2D eigenvalue weighted by molar-refractivity contribution is 6.31. The summed E-state index contributed by atoms with van der Waals surface area (Å²) in [4.78, 5) is 14.9. The van der Waals surface area contributed by atoms with Crippen LogP contribution in [0.3, 0.4) is 0 Å². The number of rotatable bonds is 4. The van der Waals surface area contributed by atoms with E-state index in [1.54, 1.807) is 6.07 Å². The van der Waals surface area contributed by atoms with Crippen molar-refractivity contribution >= 4 is 23.2 Å². The number of anilines is 1. The van der Waals surface area contributed by atoms with Gasteiger partial charge in [-0.2, -0.15) is 0 Å². The number of hydrogen-bond acceptors (Lipinski definition) is 2. The fraction of sp³-hybridized carbons (Fsp3) is 0.588. The van der Waals surface area contributed by atoms with Gasteiger partial charge in [0.25, 0.3) is 5.91 Å². The Hall–Kier alpha value is -1.22. The molecule has 1 aromatic rings. The smallest absolute Gasteiger partial charge is 0.256 e. The maximum absolute atomic E-state index is 12.9. The second kappa shape index (κ2) is 7.17. The fourth-order valence-electron chi connectivity index (χ4n) is 2.97. The van der Waals surface area contributed by atoms with Gasteiger partial charge >= 0.3 is 0 Å². The molecule has 1 aliphatic rings. The molecule has 0 aliphatic carbocycles. The summed E-state index contributed by atoms with van der Waals surface area (Å²) >= 11 is 6.09. The zero-order chi connectivity index (χ0) is 15.4. The first-order valence-electron chi connectivity index (χ1n) is 7.87. The Balaban J connectivity index is 2.23. The second-order valence-corrected chi connectivity index (χ2v) is 6.53. The lowest BCUT2D eigenvalue weighted by molar-refractivity contribution is 0.0589. The summed E-state index contributed by atoms with van der Waals surface area (Å²) in [7, 11) is 0. The lowest BCUT2D eigenvalue weighted by Gasteiger charge is -2.37. The number of benzene rings is 1. The molecule has 0 aromatic heterocycles. The molecule has 1 saturated heterocycles. The third kappa shape index (κ3) is 3.91.